The molecule has 3 rings (SSSR count). The Labute approximate surface area is 117 Å². The molecule has 2 aromatic rings. The number of hydrogen-bond acceptors (Lipinski definition) is 3. The fourth-order valence-corrected chi connectivity index (χ4v) is 2.74. The Morgan fingerprint density at radius 1 is 1.45 bits per heavy atom. The van der Waals surface area contributed by atoms with Crippen molar-refractivity contribution in [1.82, 2.24) is 9.55 Å². The van der Waals surface area contributed by atoms with E-state index >= 15 is 0 Å². The first-order valence-corrected chi connectivity index (χ1v) is 6.53. The number of fused-ring (bicyclic) bond motifs is 3. The van der Waals surface area contributed by atoms with Crippen molar-refractivity contribution < 1.29 is 9.90 Å². The van der Waals surface area contributed by atoms with Crippen molar-refractivity contribution in [3.63, 3.8) is 0 Å². The second kappa shape index (κ2) is 4.18. The number of hydrogen-bond donors (Lipinski definition) is 2. The third-order valence-electron chi connectivity index (χ3n) is 4.19. The lowest BCUT2D eigenvalue weighted by Crippen LogP contribution is -2.45. The van der Waals surface area contributed by atoms with Gasteiger partial charge in [-0.3, -0.25) is 4.79 Å². The van der Waals surface area contributed by atoms with Gasteiger partial charge in [0.1, 0.15) is 0 Å². The van der Waals surface area contributed by atoms with Crippen LogP contribution < -0.4 is 5.73 Å². The van der Waals surface area contributed by atoms with Crippen molar-refractivity contribution in [1.29, 1.82) is 0 Å². The Bertz CT molecular complexity index is 675. The van der Waals surface area contributed by atoms with E-state index in [-0.39, 0.29) is 6.04 Å². The number of nitrogens with zero attached hydrogens (tertiary/aromatic N) is 2. The lowest BCUT2D eigenvalue weighted by molar-refractivity contribution is -0.133. The number of aromatic nitrogens is 2. The lowest BCUT2D eigenvalue weighted by Gasteiger charge is -2.32. The molecule has 0 saturated heterocycles. The molecule has 1 aromatic heterocycles. The molecule has 1 aliphatic heterocycles. The van der Waals surface area contributed by atoms with E-state index in [0.717, 1.165) is 16.8 Å². The summed E-state index contributed by atoms with van der Waals surface area (Å²) >= 11 is 0. The maximum absolute atomic E-state index is 11.6. The molecule has 3 N–H and O–H groups in total. The van der Waals surface area contributed by atoms with E-state index in [4.69, 9.17) is 5.73 Å². The monoisotopic (exact) mass is 271 g/mol. The van der Waals surface area contributed by atoms with Crippen LogP contribution >= 0.6 is 0 Å². The second-order valence-corrected chi connectivity index (χ2v) is 5.75. The number of rotatable bonds is 3. The van der Waals surface area contributed by atoms with Crippen LogP contribution in [0.15, 0.2) is 36.8 Å². The van der Waals surface area contributed by atoms with Crippen LogP contribution in [0.3, 0.4) is 0 Å². The standard InChI is InChI=1S/C15H17N3O2/c1-15(2,14(16)20)13(19)12-10-6-4-3-5-9(10)11-7-17-8-18(11)12/h3-8,12-13,19H,1-2H3,(H2,16,20)/t12-,13?/m0/s1. The summed E-state index contributed by atoms with van der Waals surface area (Å²) in [4.78, 5) is 15.8. The number of primary amides is 1. The van der Waals surface area contributed by atoms with Gasteiger partial charge in [-0.25, -0.2) is 4.98 Å². The molecular weight excluding hydrogens is 254 g/mol. The molecule has 1 aliphatic rings. The predicted molar refractivity (Wildman–Crippen MR) is 74.8 cm³/mol. The number of aliphatic hydroxyl groups is 1. The van der Waals surface area contributed by atoms with Crippen molar-refractivity contribution in [2.24, 2.45) is 11.1 Å². The highest BCUT2D eigenvalue weighted by molar-refractivity contribution is 5.81. The number of aliphatic hydroxyl groups excluding tert-OH is 1. The van der Waals surface area contributed by atoms with Gasteiger partial charge in [0.15, 0.2) is 0 Å². The Morgan fingerprint density at radius 3 is 2.85 bits per heavy atom. The molecule has 5 nitrogen and oxygen atoms in total. The molecule has 1 unspecified atom stereocenters. The molecule has 1 amide bonds. The highest BCUT2D eigenvalue weighted by Gasteiger charge is 2.44. The van der Waals surface area contributed by atoms with E-state index in [0.29, 0.717) is 0 Å². The third-order valence-corrected chi connectivity index (χ3v) is 4.19. The van der Waals surface area contributed by atoms with Crippen LogP contribution in [0.2, 0.25) is 0 Å². The smallest absolute Gasteiger partial charge is 0.225 e. The van der Waals surface area contributed by atoms with E-state index in [1.807, 2.05) is 28.8 Å². The molecule has 2 heterocycles. The van der Waals surface area contributed by atoms with Crippen LogP contribution in [0.1, 0.15) is 25.5 Å². The van der Waals surface area contributed by atoms with Crippen molar-refractivity contribution in [2.45, 2.75) is 26.0 Å². The van der Waals surface area contributed by atoms with Gasteiger partial charge in [-0.05, 0) is 19.4 Å². The predicted octanol–water partition coefficient (Wildman–Crippen LogP) is 1.33. The SMILES string of the molecule is CC(C)(C(N)=O)C(O)[C@@H]1c2ccccc2-c2cncn21. The molecular formula is C15H17N3O2. The summed E-state index contributed by atoms with van der Waals surface area (Å²) in [6, 6.07) is 7.49. The highest BCUT2D eigenvalue weighted by atomic mass is 16.3. The summed E-state index contributed by atoms with van der Waals surface area (Å²) in [5, 5.41) is 10.7. The average Bonchev–Trinajstić information content (AvgIpc) is 2.97. The minimum atomic E-state index is -1.02. The van der Waals surface area contributed by atoms with Crippen molar-refractivity contribution in [3.8, 4) is 11.3 Å². The molecule has 0 bridgehead atoms. The summed E-state index contributed by atoms with van der Waals surface area (Å²) in [6.45, 7) is 3.33. The van der Waals surface area contributed by atoms with Crippen LogP contribution in [-0.2, 0) is 4.79 Å². The minimum absolute atomic E-state index is 0.341. The van der Waals surface area contributed by atoms with Gasteiger partial charge in [0, 0.05) is 5.56 Å². The van der Waals surface area contributed by atoms with Gasteiger partial charge < -0.3 is 15.4 Å². The molecule has 20 heavy (non-hydrogen) atoms. The molecule has 0 radical (unpaired) electrons. The first-order valence-electron chi connectivity index (χ1n) is 6.53. The fourth-order valence-electron chi connectivity index (χ4n) is 2.74. The van der Waals surface area contributed by atoms with Gasteiger partial charge in [-0.15, -0.1) is 0 Å². The first-order chi connectivity index (χ1) is 9.44. The van der Waals surface area contributed by atoms with Crippen LogP contribution in [0, 0.1) is 5.41 Å². The van der Waals surface area contributed by atoms with E-state index < -0.39 is 17.4 Å². The van der Waals surface area contributed by atoms with Gasteiger partial charge in [-0.1, -0.05) is 24.3 Å². The van der Waals surface area contributed by atoms with Crippen LogP contribution in [-0.4, -0.2) is 26.7 Å². The quantitative estimate of drug-likeness (QED) is 0.883. The molecule has 1 aromatic carbocycles. The zero-order valence-corrected chi connectivity index (χ0v) is 11.4. The Morgan fingerprint density at radius 2 is 2.15 bits per heavy atom. The number of nitrogens with two attached hydrogens (primary N) is 1. The number of benzene rings is 1. The maximum Gasteiger partial charge on any atom is 0.225 e. The first kappa shape index (κ1) is 12.9. The molecule has 0 saturated carbocycles. The molecule has 0 spiro atoms. The van der Waals surface area contributed by atoms with Crippen molar-refractivity contribution in [2.75, 3.05) is 0 Å². The van der Waals surface area contributed by atoms with Crippen LogP contribution in [0.4, 0.5) is 0 Å². The topological polar surface area (TPSA) is 81.1 Å². The number of imidazole rings is 1. The maximum atomic E-state index is 11.6. The minimum Gasteiger partial charge on any atom is -0.389 e. The molecule has 5 heteroatoms. The van der Waals surface area contributed by atoms with E-state index in [2.05, 4.69) is 4.98 Å². The summed E-state index contributed by atoms with van der Waals surface area (Å²) in [5.41, 5.74) is 7.38. The van der Waals surface area contributed by atoms with E-state index in [9.17, 15) is 9.90 Å². The fraction of sp³-hybridized carbons (Fsp3) is 0.333. The number of carbonyl (C=O) groups excluding carboxylic acids is 1. The van der Waals surface area contributed by atoms with Crippen LogP contribution in [0.5, 0.6) is 0 Å². The average molecular weight is 271 g/mol. The van der Waals surface area contributed by atoms with Gasteiger partial charge in [0.2, 0.25) is 5.91 Å². The largest absolute Gasteiger partial charge is 0.389 e. The number of carbonyl (C=O) groups is 1. The van der Waals surface area contributed by atoms with Crippen molar-refractivity contribution in [3.05, 3.63) is 42.4 Å². The van der Waals surface area contributed by atoms with Gasteiger partial charge in [0.25, 0.3) is 0 Å². The zero-order chi connectivity index (χ0) is 14.5. The van der Waals surface area contributed by atoms with Crippen LogP contribution in [0.25, 0.3) is 11.3 Å². The lowest BCUT2D eigenvalue weighted by atomic mass is 9.80. The summed E-state index contributed by atoms with van der Waals surface area (Å²) in [6.07, 6.45) is 2.53. The van der Waals surface area contributed by atoms with E-state index in [1.54, 1.807) is 26.4 Å². The third kappa shape index (κ3) is 1.59. The second-order valence-electron chi connectivity index (χ2n) is 5.75. The summed E-state index contributed by atoms with van der Waals surface area (Å²) in [5.74, 6) is -0.518. The van der Waals surface area contributed by atoms with Gasteiger partial charge in [-0.2, -0.15) is 0 Å². The Kier molecular flexibility index (Phi) is 2.69. The zero-order valence-electron chi connectivity index (χ0n) is 11.4. The number of amides is 1. The molecule has 2 atom stereocenters. The molecule has 0 fully saturated rings. The van der Waals surface area contributed by atoms with Gasteiger partial charge in [0.05, 0.1) is 35.8 Å². The van der Waals surface area contributed by atoms with Crippen molar-refractivity contribution >= 4 is 5.91 Å². The normalized spacial score (nSPS) is 18.4. The molecule has 104 valence electrons. The Balaban J connectivity index is 2.14. The Hall–Kier alpha value is -2.14. The van der Waals surface area contributed by atoms with E-state index in [1.165, 1.54) is 0 Å². The molecule has 0 aliphatic carbocycles. The van der Waals surface area contributed by atoms with Gasteiger partial charge >= 0.3 is 0 Å². The summed E-state index contributed by atoms with van der Waals surface area (Å²) < 4.78 is 1.90. The highest BCUT2D eigenvalue weighted by Crippen LogP contribution is 2.44. The summed E-state index contributed by atoms with van der Waals surface area (Å²) in [7, 11) is 0.